The second kappa shape index (κ2) is 9.90. The molecule has 0 spiro atoms. The van der Waals surface area contributed by atoms with Crippen LogP contribution in [0.5, 0.6) is 0 Å². The van der Waals surface area contributed by atoms with Gasteiger partial charge >= 0.3 is 11.9 Å². The minimum Gasteiger partial charge on any atom is -0.465 e. The van der Waals surface area contributed by atoms with Gasteiger partial charge in [-0.25, -0.2) is 14.6 Å². The van der Waals surface area contributed by atoms with Gasteiger partial charge in [0.2, 0.25) is 0 Å². The molecule has 9 heteroatoms. The molecule has 0 unspecified atom stereocenters. The minimum absolute atomic E-state index is 0.191. The molecule has 0 bridgehead atoms. The molecule has 174 valence electrons. The fraction of sp³-hybridized carbons (Fsp3) is 0.200. The summed E-state index contributed by atoms with van der Waals surface area (Å²) in [6.45, 7) is 3.64. The van der Waals surface area contributed by atoms with Crippen LogP contribution in [0.15, 0.2) is 74.1 Å². The van der Waals surface area contributed by atoms with Gasteiger partial charge in [-0.15, -0.1) is 0 Å². The van der Waals surface area contributed by atoms with Crippen molar-refractivity contribution in [1.82, 2.24) is 4.57 Å². The highest BCUT2D eigenvalue weighted by Gasteiger charge is 2.33. The van der Waals surface area contributed by atoms with Gasteiger partial charge < -0.3 is 9.47 Å². The molecule has 0 saturated heterocycles. The molecule has 3 aromatic rings. The van der Waals surface area contributed by atoms with E-state index in [1.807, 2.05) is 24.3 Å². The maximum atomic E-state index is 13.6. The van der Waals surface area contributed by atoms with Crippen LogP contribution >= 0.6 is 27.3 Å². The van der Waals surface area contributed by atoms with E-state index in [0.29, 0.717) is 26.2 Å². The maximum Gasteiger partial charge on any atom is 0.338 e. The lowest BCUT2D eigenvalue weighted by atomic mass is 9.95. The molecule has 0 amide bonds. The van der Waals surface area contributed by atoms with E-state index in [9.17, 15) is 14.4 Å². The van der Waals surface area contributed by atoms with Crippen molar-refractivity contribution in [3.63, 3.8) is 0 Å². The maximum absolute atomic E-state index is 13.6. The number of hydrogen-bond donors (Lipinski definition) is 0. The van der Waals surface area contributed by atoms with Crippen LogP contribution in [-0.2, 0) is 14.3 Å². The van der Waals surface area contributed by atoms with E-state index < -0.39 is 18.0 Å². The number of nitrogens with zero attached hydrogens (tertiary/aromatic N) is 2. The average Bonchev–Trinajstić information content (AvgIpc) is 3.12. The van der Waals surface area contributed by atoms with Crippen molar-refractivity contribution < 1.29 is 19.1 Å². The first kappa shape index (κ1) is 23.8. The minimum atomic E-state index is -0.744. The van der Waals surface area contributed by atoms with Crippen molar-refractivity contribution >= 4 is 45.3 Å². The molecule has 2 heterocycles. The Morgan fingerprint density at radius 3 is 2.56 bits per heavy atom. The highest BCUT2D eigenvalue weighted by Crippen LogP contribution is 2.31. The number of fused-ring (bicyclic) bond motifs is 1. The summed E-state index contributed by atoms with van der Waals surface area (Å²) in [5.74, 6) is -1.01. The summed E-state index contributed by atoms with van der Waals surface area (Å²) in [7, 11) is 1.31. The number of carbonyl (C=O) groups excluding carboxylic acids is 2. The Morgan fingerprint density at radius 1 is 1.18 bits per heavy atom. The highest BCUT2D eigenvalue weighted by atomic mass is 79.9. The van der Waals surface area contributed by atoms with E-state index >= 15 is 0 Å². The van der Waals surface area contributed by atoms with E-state index in [0.717, 1.165) is 10.0 Å². The van der Waals surface area contributed by atoms with Gasteiger partial charge in [-0.2, -0.15) is 0 Å². The monoisotopic (exact) mass is 540 g/mol. The SMILES string of the molecule is CCOC(=O)C1=C(C)N=c2s/c(=C\c3cccc(Br)c3)c(=O)n2[C@@H]1c1ccc(C(=O)OC)cc1. The van der Waals surface area contributed by atoms with Crippen LogP contribution in [0.2, 0.25) is 0 Å². The molecular formula is C25H21BrN2O5S. The van der Waals surface area contributed by atoms with Crippen molar-refractivity contribution in [2.45, 2.75) is 19.9 Å². The third-order valence-electron chi connectivity index (χ3n) is 5.31. The smallest absolute Gasteiger partial charge is 0.338 e. The molecule has 0 aliphatic carbocycles. The van der Waals surface area contributed by atoms with Crippen molar-refractivity contribution in [3.05, 3.63) is 101 Å². The van der Waals surface area contributed by atoms with Crippen LogP contribution in [0.4, 0.5) is 0 Å². The first-order chi connectivity index (χ1) is 16.3. The molecule has 0 saturated carbocycles. The zero-order chi connectivity index (χ0) is 24.4. The molecule has 2 aromatic carbocycles. The first-order valence-corrected chi connectivity index (χ1v) is 12.1. The predicted molar refractivity (Wildman–Crippen MR) is 132 cm³/mol. The van der Waals surface area contributed by atoms with Crippen molar-refractivity contribution in [3.8, 4) is 0 Å². The Morgan fingerprint density at radius 2 is 1.91 bits per heavy atom. The Kier molecular flexibility index (Phi) is 6.95. The van der Waals surface area contributed by atoms with Crippen LogP contribution in [0.1, 0.15) is 41.4 Å². The molecule has 7 nitrogen and oxygen atoms in total. The molecule has 34 heavy (non-hydrogen) atoms. The molecule has 0 radical (unpaired) electrons. The molecule has 1 aliphatic rings. The van der Waals surface area contributed by atoms with Crippen LogP contribution < -0.4 is 14.9 Å². The number of ether oxygens (including phenoxy) is 2. The second-order valence-electron chi connectivity index (χ2n) is 7.47. The Balaban J connectivity index is 1.92. The lowest BCUT2D eigenvalue weighted by Gasteiger charge is -2.24. The van der Waals surface area contributed by atoms with Gasteiger partial charge in [0.05, 0.1) is 41.1 Å². The number of aromatic nitrogens is 1. The van der Waals surface area contributed by atoms with Gasteiger partial charge in [0, 0.05) is 4.47 Å². The first-order valence-electron chi connectivity index (χ1n) is 10.5. The summed E-state index contributed by atoms with van der Waals surface area (Å²) in [6, 6.07) is 13.5. The van der Waals surface area contributed by atoms with E-state index in [1.54, 1.807) is 44.2 Å². The van der Waals surface area contributed by atoms with E-state index in [-0.39, 0.29) is 17.7 Å². The van der Waals surface area contributed by atoms with Gasteiger partial charge in [0.15, 0.2) is 4.80 Å². The van der Waals surface area contributed by atoms with Crippen LogP contribution in [-0.4, -0.2) is 30.2 Å². The standard InChI is InChI=1S/C25H21BrN2O5S/c1-4-33-24(31)20-14(2)27-25-28(21(20)16-8-10-17(11-9-16)23(30)32-3)22(29)19(34-25)13-15-6-5-7-18(26)12-15/h5-13,21H,4H2,1-3H3/b19-13-/t21-/m1/s1. The molecule has 0 fully saturated rings. The topological polar surface area (TPSA) is 87.0 Å². The molecule has 1 aromatic heterocycles. The van der Waals surface area contributed by atoms with Crippen LogP contribution in [0.25, 0.3) is 6.08 Å². The number of thiazole rings is 1. The Bertz CT molecular complexity index is 1480. The van der Waals surface area contributed by atoms with Gasteiger partial charge in [-0.05, 0) is 55.3 Å². The van der Waals surface area contributed by atoms with Gasteiger partial charge in [0.1, 0.15) is 0 Å². The lowest BCUT2D eigenvalue weighted by Crippen LogP contribution is -2.40. The number of carbonyl (C=O) groups is 2. The third kappa shape index (κ3) is 4.53. The summed E-state index contributed by atoms with van der Waals surface area (Å²) in [6.07, 6.45) is 1.80. The predicted octanol–water partition coefficient (Wildman–Crippen LogP) is 3.35. The average molecular weight is 541 g/mol. The summed E-state index contributed by atoms with van der Waals surface area (Å²) in [4.78, 5) is 43.4. The quantitative estimate of drug-likeness (QED) is 0.463. The summed E-state index contributed by atoms with van der Waals surface area (Å²) in [5, 5.41) is 0. The molecule has 4 rings (SSSR count). The van der Waals surface area contributed by atoms with Gasteiger partial charge in [-0.3, -0.25) is 9.36 Å². The zero-order valence-corrected chi connectivity index (χ0v) is 21.1. The van der Waals surface area contributed by atoms with E-state index in [2.05, 4.69) is 20.9 Å². The van der Waals surface area contributed by atoms with Crippen molar-refractivity contribution in [1.29, 1.82) is 0 Å². The number of halogens is 1. The Hall–Kier alpha value is -3.30. The number of benzene rings is 2. The van der Waals surface area contributed by atoms with Crippen LogP contribution in [0, 0.1) is 0 Å². The summed E-state index contributed by atoms with van der Waals surface area (Å²) >= 11 is 4.71. The molecule has 1 aliphatic heterocycles. The summed E-state index contributed by atoms with van der Waals surface area (Å²) < 4.78 is 13.0. The highest BCUT2D eigenvalue weighted by molar-refractivity contribution is 9.10. The number of hydrogen-bond acceptors (Lipinski definition) is 7. The molecular weight excluding hydrogens is 520 g/mol. The van der Waals surface area contributed by atoms with E-state index in [4.69, 9.17) is 9.47 Å². The molecule has 1 atom stereocenters. The van der Waals surface area contributed by atoms with Crippen molar-refractivity contribution in [2.75, 3.05) is 13.7 Å². The number of methoxy groups -OCH3 is 1. The van der Waals surface area contributed by atoms with Gasteiger partial charge in [-0.1, -0.05) is 51.5 Å². The number of allylic oxidation sites excluding steroid dienone is 1. The fourth-order valence-corrected chi connectivity index (χ4v) is 5.24. The number of rotatable bonds is 5. The lowest BCUT2D eigenvalue weighted by molar-refractivity contribution is -0.139. The molecule has 0 N–H and O–H groups in total. The zero-order valence-electron chi connectivity index (χ0n) is 18.7. The van der Waals surface area contributed by atoms with Crippen LogP contribution in [0.3, 0.4) is 0 Å². The third-order valence-corrected chi connectivity index (χ3v) is 6.79. The normalized spacial score (nSPS) is 15.5. The summed E-state index contributed by atoms with van der Waals surface area (Å²) in [5.41, 5.74) is 2.39. The van der Waals surface area contributed by atoms with E-state index in [1.165, 1.54) is 23.0 Å². The Labute approximate surface area is 207 Å². The number of esters is 2. The second-order valence-corrected chi connectivity index (χ2v) is 9.40. The largest absolute Gasteiger partial charge is 0.465 e. The fourth-order valence-electron chi connectivity index (χ4n) is 3.77. The van der Waals surface area contributed by atoms with Gasteiger partial charge in [0.25, 0.3) is 5.56 Å². The van der Waals surface area contributed by atoms with Crippen molar-refractivity contribution in [2.24, 2.45) is 4.99 Å².